The number of amides is 1. The number of aromatic nitrogens is 1. The normalized spacial score (nSPS) is 14.5. The molecule has 1 aromatic carbocycles. The lowest BCUT2D eigenvalue weighted by molar-refractivity contribution is -0.119. The summed E-state index contributed by atoms with van der Waals surface area (Å²) in [5.41, 5.74) is 0. The highest BCUT2D eigenvalue weighted by atomic mass is 35.5. The summed E-state index contributed by atoms with van der Waals surface area (Å²) >= 11 is 7.41. The van der Waals surface area contributed by atoms with Gasteiger partial charge in [0, 0.05) is 25.5 Å². The lowest BCUT2D eigenvalue weighted by Crippen LogP contribution is -2.32. The first-order chi connectivity index (χ1) is 12.9. The Morgan fingerprint density at radius 1 is 1.41 bits per heavy atom. The molecule has 2 aromatic rings. The maximum atomic E-state index is 12.3. The zero-order chi connectivity index (χ0) is 19.4. The van der Waals surface area contributed by atoms with Crippen molar-refractivity contribution in [2.24, 2.45) is 5.92 Å². The average molecular weight is 409 g/mol. The fourth-order valence-electron chi connectivity index (χ4n) is 2.46. The topological polar surface area (TPSA) is 77.5 Å². The molecule has 0 bridgehead atoms. The van der Waals surface area contributed by atoms with E-state index in [9.17, 15) is 9.59 Å². The van der Waals surface area contributed by atoms with Gasteiger partial charge in [0.15, 0.2) is 5.78 Å². The third-order valence-corrected chi connectivity index (χ3v) is 5.20. The van der Waals surface area contributed by atoms with Gasteiger partial charge in [-0.15, -0.1) is 0 Å². The number of hydrogen-bond donors (Lipinski definition) is 1. The van der Waals surface area contributed by atoms with E-state index in [2.05, 4.69) is 10.3 Å². The van der Waals surface area contributed by atoms with Crippen LogP contribution in [0.15, 0.2) is 24.4 Å². The van der Waals surface area contributed by atoms with Crippen LogP contribution in [0.5, 0.6) is 16.7 Å². The summed E-state index contributed by atoms with van der Waals surface area (Å²) in [5.74, 6) is 1.57. The number of carbonyl (C=O) groups excluding carboxylic acids is 2. The molecule has 1 heterocycles. The summed E-state index contributed by atoms with van der Waals surface area (Å²) < 4.78 is 11.4. The molecule has 1 aliphatic rings. The SMILES string of the molecule is CC(=O)N[C@@H](C)CC(=O)c1cnc(Oc2ccc(OCC3CC3)cc2Cl)s1. The summed E-state index contributed by atoms with van der Waals surface area (Å²) in [5, 5.41) is 3.44. The second-order valence-electron chi connectivity index (χ2n) is 6.67. The Morgan fingerprint density at radius 3 is 2.85 bits per heavy atom. The van der Waals surface area contributed by atoms with Gasteiger partial charge in [-0.05, 0) is 37.8 Å². The lowest BCUT2D eigenvalue weighted by Gasteiger charge is -2.10. The average Bonchev–Trinajstić information content (AvgIpc) is 3.31. The third-order valence-electron chi connectivity index (χ3n) is 3.98. The molecule has 1 saturated carbocycles. The largest absolute Gasteiger partial charge is 0.493 e. The molecule has 1 atom stereocenters. The van der Waals surface area contributed by atoms with Crippen molar-refractivity contribution in [3.8, 4) is 16.7 Å². The zero-order valence-corrected chi connectivity index (χ0v) is 16.7. The molecule has 3 rings (SSSR count). The number of thiazole rings is 1. The molecule has 1 aliphatic carbocycles. The number of rotatable bonds is 9. The van der Waals surface area contributed by atoms with Crippen LogP contribution < -0.4 is 14.8 Å². The smallest absolute Gasteiger partial charge is 0.279 e. The van der Waals surface area contributed by atoms with Crippen molar-refractivity contribution in [2.75, 3.05) is 6.61 Å². The van der Waals surface area contributed by atoms with Gasteiger partial charge in [0.25, 0.3) is 5.19 Å². The van der Waals surface area contributed by atoms with Crippen LogP contribution in [-0.4, -0.2) is 29.3 Å². The van der Waals surface area contributed by atoms with E-state index >= 15 is 0 Å². The molecule has 8 heteroatoms. The standard InChI is InChI=1S/C19H21ClN2O4S/c1-11(22-12(2)23)7-16(24)18-9-21-19(27-18)26-17-6-5-14(8-15(17)20)25-10-13-3-4-13/h5-6,8-9,11,13H,3-4,7,10H2,1-2H3,(H,22,23)/t11-/m0/s1. The van der Waals surface area contributed by atoms with Crippen LogP contribution in [0.4, 0.5) is 0 Å². The summed E-state index contributed by atoms with van der Waals surface area (Å²) in [7, 11) is 0. The van der Waals surface area contributed by atoms with Gasteiger partial charge in [-0.1, -0.05) is 22.9 Å². The van der Waals surface area contributed by atoms with Crippen molar-refractivity contribution in [2.45, 2.75) is 39.2 Å². The van der Waals surface area contributed by atoms with Gasteiger partial charge in [-0.2, -0.15) is 0 Å². The molecule has 1 fully saturated rings. The van der Waals surface area contributed by atoms with Crippen LogP contribution in [0.3, 0.4) is 0 Å². The Balaban J connectivity index is 1.58. The first-order valence-electron chi connectivity index (χ1n) is 8.77. The molecule has 144 valence electrons. The molecular formula is C19H21ClN2O4S. The van der Waals surface area contributed by atoms with E-state index in [4.69, 9.17) is 21.1 Å². The second kappa shape index (κ2) is 8.71. The van der Waals surface area contributed by atoms with Gasteiger partial charge >= 0.3 is 0 Å². The summed E-state index contributed by atoms with van der Waals surface area (Å²) in [6.07, 6.45) is 4.13. The van der Waals surface area contributed by atoms with Crippen LogP contribution in [0.2, 0.25) is 5.02 Å². The molecule has 0 radical (unpaired) electrons. The number of ketones is 1. The van der Waals surface area contributed by atoms with Crippen LogP contribution >= 0.6 is 22.9 Å². The van der Waals surface area contributed by atoms with Gasteiger partial charge in [-0.3, -0.25) is 9.59 Å². The molecule has 6 nitrogen and oxygen atoms in total. The minimum Gasteiger partial charge on any atom is -0.493 e. The predicted octanol–water partition coefficient (Wildman–Crippen LogP) is 4.48. The maximum Gasteiger partial charge on any atom is 0.279 e. The van der Waals surface area contributed by atoms with E-state index in [0.717, 1.165) is 11.3 Å². The van der Waals surface area contributed by atoms with Gasteiger partial charge in [0.2, 0.25) is 5.91 Å². The molecule has 1 amide bonds. The van der Waals surface area contributed by atoms with Gasteiger partial charge in [-0.25, -0.2) is 4.98 Å². The number of benzene rings is 1. The first-order valence-corrected chi connectivity index (χ1v) is 9.96. The number of Topliss-reactive ketones (excluding diaryl/α,β-unsaturated/α-hetero) is 1. The van der Waals surface area contributed by atoms with Crippen molar-refractivity contribution >= 4 is 34.6 Å². The van der Waals surface area contributed by atoms with Gasteiger partial charge in [0.1, 0.15) is 11.5 Å². The van der Waals surface area contributed by atoms with Crippen molar-refractivity contribution in [1.82, 2.24) is 10.3 Å². The van der Waals surface area contributed by atoms with Gasteiger partial charge < -0.3 is 14.8 Å². The number of halogens is 1. The lowest BCUT2D eigenvalue weighted by atomic mass is 10.1. The minimum atomic E-state index is -0.237. The molecule has 1 N–H and O–H groups in total. The molecule has 0 spiro atoms. The van der Waals surface area contributed by atoms with E-state index in [-0.39, 0.29) is 24.2 Å². The maximum absolute atomic E-state index is 12.3. The predicted molar refractivity (Wildman–Crippen MR) is 104 cm³/mol. The van der Waals surface area contributed by atoms with E-state index in [0.29, 0.717) is 39.1 Å². The summed E-state index contributed by atoms with van der Waals surface area (Å²) in [6, 6.07) is 5.01. The molecule has 1 aromatic heterocycles. The van der Waals surface area contributed by atoms with E-state index in [1.807, 2.05) is 0 Å². The number of ether oxygens (including phenoxy) is 2. The highest BCUT2D eigenvalue weighted by Crippen LogP contribution is 2.35. The van der Waals surface area contributed by atoms with Crippen molar-refractivity contribution < 1.29 is 19.1 Å². The molecule has 0 saturated heterocycles. The summed E-state index contributed by atoms with van der Waals surface area (Å²) in [6.45, 7) is 3.92. The molecule has 0 unspecified atom stereocenters. The first kappa shape index (κ1) is 19.6. The highest BCUT2D eigenvalue weighted by Gasteiger charge is 2.22. The summed E-state index contributed by atoms with van der Waals surface area (Å²) in [4.78, 5) is 27.9. The number of nitrogens with zero attached hydrogens (tertiary/aromatic N) is 1. The Hall–Kier alpha value is -2.12. The highest BCUT2D eigenvalue weighted by molar-refractivity contribution is 7.15. The van der Waals surface area contributed by atoms with E-state index in [1.165, 1.54) is 26.0 Å². The monoisotopic (exact) mass is 408 g/mol. The Bertz CT molecular complexity index is 835. The van der Waals surface area contributed by atoms with Crippen LogP contribution in [0.1, 0.15) is 42.8 Å². The number of carbonyl (C=O) groups is 2. The van der Waals surface area contributed by atoms with Crippen molar-refractivity contribution in [1.29, 1.82) is 0 Å². The second-order valence-corrected chi connectivity index (χ2v) is 8.07. The Kier molecular flexibility index (Phi) is 6.34. The van der Waals surface area contributed by atoms with Crippen LogP contribution in [0.25, 0.3) is 0 Å². The Labute approximate surface area is 166 Å². The van der Waals surface area contributed by atoms with E-state index < -0.39 is 0 Å². The minimum absolute atomic E-state index is 0.0986. The fraction of sp³-hybridized carbons (Fsp3) is 0.421. The van der Waals surface area contributed by atoms with Gasteiger partial charge in [0.05, 0.1) is 22.7 Å². The van der Waals surface area contributed by atoms with Crippen LogP contribution in [0, 0.1) is 5.92 Å². The quantitative estimate of drug-likeness (QED) is 0.619. The number of nitrogens with one attached hydrogen (secondary N) is 1. The number of hydrogen-bond acceptors (Lipinski definition) is 6. The molecule has 27 heavy (non-hydrogen) atoms. The van der Waals surface area contributed by atoms with E-state index in [1.54, 1.807) is 25.1 Å². The third kappa shape index (κ3) is 5.94. The molecular weight excluding hydrogens is 388 g/mol. The Morgan fingerprint density at radius 2 is 2.19 bits per heavy atom. The zero-order valence-electron chi connectivity index (χ0n) is 15.2. The van der Waals surface area contributed by atoms with Crippen LogP contribution in [-0.2, 0) is 4.79 Å². The van der Waals surface area contributed by atoms with Crippen molar-refractivity contribution in [3.63, 3.8) is 0 Å². The van der Waals surface area contributed by atoms with Crippen molar-refractivity contribution in [3.05, 3.63) is 34.3 Å². The molecule has 0 aliphatic heterocycles. The fourth-order valence-corrected chi connectivity index (χ4v) is 3.39.